The minimum absolute atomic E-state index is 0.000657. The van der Waals surface area contributed by atoms with Crippen molar-refractivity contribution in [3.63, 3.8) is 0 Å². The second-order valence-corrected chi connectivity index (χ2v) is 4.43. The van der Waals surface area contributed by atoms with Gasteiger partial charge in [-0.1, -0.05) is 13.8 Å². The molecular weight excluding hydrogens is 248 g/mol. The van der Waals surface area contributed by atoms with Crippen molar-refractivity contribution in [2.45, 2.75) is 13.8 Å². The molecule has 0 aromatic carbocycles. The van der Waals surface area contributed by atoms with E-state index in [0.717, 1.165) is 0 Å². The van der Waals surface area contributed by atoms with Crippen LogP contribution in [0.25, 0.3) is 0 Å². The number of nitrogens with one attached hydrogen (secondary N) is 1. The third kappa shape index (κ3) is 4.53. The quantitative estimate of drug-likeness (QED) is 0.773. The largest absolute Gasteiger partial charge is 0.476 e. The summed E-state index contributed by atoms with van der Waals surface area (Å²) in [5.41, 5.74) is -0.0924. The van der Waals surface area contributed by atoms with Gasteiger partial charge in [-0.05, 0) is 0 Å². The molecule has 0 fully saturated rings. The second kappa shape index (κ2) is 6.67. The van der Waals surface area contributed by atoms with Crippen molar-refractivity contribution in [1.82, 2.24) is 15.3 Å². The Morgan fingerprint density at radius 2 is 2.05 bits per heavy atom. The standard InChI is InChI=1S/C12H18N4O3/c1-8(2)11(17)13-4-5-16(3)10-7-14-9(6-15-10)12(18)19/h6-8H,4-5H2,1-3H3,(H,13,17)(H,18,19). The third-order valence-corrected chi connectivity index (χ3v) is 2.52. The van der Waals surface area contributed by atoms with Crippen LogP contribution in [-0.2, 0) is 4.79 Å². The zero-order chi connectivity index (χ0) is 14.4. The molecule has 19 heavy (non-hydrogen) atoms. The molecule has 0 unspecified atom stereocenters. The van der Waals surface area contributed by atoms with Crippen LogP contribution < -0.4 is 10.2 Å². The maximum absolute atomic E-state index is 11.4. The minimum Gasteiger partial charge on any atom is -0.476 e. The lowest BCUT2D eigenvalue weighted by molar-refractivity contribution is -0.123. The van der Waals surface area contributed by atoms with Crippen molar-refractivity contribution in [2.75, 3.05) is 25.0 Å². The van der Waals surface area contributed by atoms with Gasteiger partial charge in [0.25, 0.3) is 0 Å². The van der Waals surface area contributed by atoms with Crippen molar-refractivity contribution < 1.29 is 14.7 Å². The monoisotopic (exact) mass is 266 g/mol. The van der Waals surface area contributed by atoms with Crippen LogP contribution in [-0.4, -0.2) is 47.1 Å². The first-order chi connectivity index (χ1) is 8.91. The molecule has 0 aliphatic carbocycles. The van der Waals surface area contributed by atoms with E-state index in [1.165, 1.54) is 12.4 Å². The van der Waals surface area contributed by atoms with E-state index in [0.29, 0.717) is 18.9 Å². The van der Waals surface area contributed by atoms with Gasteiger partial charge in [0.1, 0.15) is 5.82 Å². The number of carboxylic acid groups (broad SMARTS) is 1. The molecule has 1 rings (SSSR count). The number of aromatic nitrogens is 2. The molecule has 0 radical (unpaired) electrons. The SMILES string of the molecule is CC(C)C(=O)NCCN(C)c1cnc(C(=O)O)cn1. The van der Waals surface area contributed by atoms with Crippen molar-refractivity contribution >= 4 is 17.7 Å². The molecule has 2 N–H and O–H groups in total. The highest BCUT2D eigenvalue weighted by Crippen LogP contribution is 2.06. The van der Waals surface area contributed by atoms with Crippen LogP contribution in [0.15, 0.2) is 12.4 Å². The van der Waals surface area contributed by atoms with Crippen molar-refractivity contribution in [2.24, 2.45) is 5.92 Å². The first-order valence-electron chi connectivity index (χ1n) is 5.96. The highest BCUT2D eigenvalue weighted by molar-refractivity contribution is 5.84. The third-order valence-electron chi connectivity index (χ3n) is 2.52. The Morgan fingerprint density at radius 3 is 2.53 bits per heavy atom. The average molecular weight is 266 g/mol. The molecule has 1 aromatic rings. The van der Waals surface area contributed by atoms with Gasteiger partial charge >= 0.3 is 5.97 Å². The lowest BCUT2D eigenvalue weighted by atomic mass is 10.2. The number of carbonyl (C=O) groups excluding carboxylic acids is 1. The van der Waals surface area contributed by atoms with E-state index >= 15 is 0 Å². The van der Waals surface area contributed by atoms with Gasteiger partial charge in [0.15, 0.2) is 5.69 Å². The summed E-state index contributed by atoms with van der Waals surface area (Å²) in [6.45, 7) is 4.72. The van der Waals surface area contributed by atoms with Crippen LogP contribution in [0.5, 0.6) is 0 Å². The van der Waals surface area contributed by atoms with Gasteiger partial charge in [-0.15, -0.1) is 0 Å². The molecule has 0 saturated carbocycles. The molecule has 0 atom stereocenters. The summed E-state index contributed by atoms with van der Waals surface area (Å²) in [7, 11) is 1.80. The van der Waals surface area contributed by atoms with Gasteiger partial charge < -0.3 is 15.3 Å². The molecule has 0 saturated heterocycles. The predicted molar refractivity (Wildman–Crippen MR) is 70.1 cm³/mol. The van der Waals surface area contributed by atoms with E-state index in [2.05, 4.69) is 15.3 Å². The molecule has 1 heterocycles. The van der Waals surface area contributed by atoms with E-state index in [4.69, 9.17) is 5.11 Å². The Labute approximate surface area is 111 Å². The van der Waals surface area contributed by atoms with Crippen LogP contribution in [0.3, 0.4) is 0 Å². The van der Waals surface area contributed by atoms with E-state index in [9.17, 15) is 9.59 Å². The smallest absolute Gasteiger partial charge is 0.356 e. The molecule has 7 heteroatoms. The molecule has 0 aliphatic heterocycles. The van der Waals surface area contributed by atoms with Crippen LogP contribution in [0, 0.1) is 5.92 Å². The summed E-state index contributed by atoms with van der Waals surface area (Å²) in [5, 5.41) is 11.5. The predicted octanol–water partition coefficient (Wildman–Crippen LogP) is 0.383. The number of amides is 1. The summed E-state index contributed by atoms with van der Waals surface area (Å²) in [6.07, 6.45) is 2.61. The topological polar surface area (TPSA) is 95.4 Å². The lowest BCUT2D eigenvalue weighted by Crippen LogP contribution is -2.35. The Hall–Kier alpha value is -2.18. The van der Waals surface area contributed by atoms with Gasteiger partial charge in [0.2, 0.25) is 5.91 Å². The zero-order valence-corrected chi connectivity index (χ0v) is 11.3. The number of hydrogen-bond acceptors (Lipinski definition) is 5. The summed E-state index contributed by atoms with van der Waals surface area (Å²) in [5.74, 6) is -0.588. The number of nitrogens with zero attached hydrogens (tertiary/aromatic N) is 3. The van der Waals surface area contributed by atoms with Crippen LogP contribution in [0.2, 0.25) is 0 Å². The minimum atomic E-state index is -1.11. The summed E-state index contributed by atoms with van der Waals surface area (Å²) < 4.78 is 0. The Morgan fingerprint density at radius 1 is 1.37 bits per heavy atom. The first kappa shape index (κ1) is 14.9. The van der Waals surface area contributed by atoms with Gasteiger partial charge in [0.05, 0.1) is 12.4 Å². The molecule has 1 aromatic heterocycles. The lowest BCUT2D eigenvalue weighted by Gasteiger charge is -2.18. The second-order valence-electron chi connectivity index (χ2n) is 4.43. The highest BCUT2D eigenvalue weighted by atomic mass is 16.4. The number of anilines is 1. The maximum Gasteiger partial charge on any atom is 0.356 e. The summed E-state index contributed by atoms with van der Waals surface area (Å²) >= 11 is 0. The first-order valence-corrected chi connectivity index (χ1v) is 5.96. The van der Waals surface area contributed by atoms with E-state index in [1.807, 2.05) is 13.8 Å². The number of aromatic carboxylic acids is 1. The molecule has 7 nitrogen and oxygen atoms in total. The number of carboxylic acids is 1. The molecule has 1 amide bonds. The van der Waals surface area contributed by atoms with Crippen molar-refractivity contribution in [3.05, 3.63) is 18.1 Å². The van der Waals surface area contributed by atoms with Gasteiger partial charge in [-0.25, -0.2) is 14.8 Å². The Bertz CT molecular complexity index is 445. The van der Waals surface area contributed by atoms with Crippen molar-refractivity contribution in [3.8, 4) is 0 Å². The number of carbonyl (C=O) groups is 2. The molecular formula is C12H18N4O3. The molecule has 0 aliphatic rings. The fourth-order valence-corrected chi connectivity index (χ4v) is 1.29. The normalized spacial score (nSPS) is 10.3. The van der Waals surface area contributed by atoms with Gasteiger partial charge in [0, 0.05) is 26.1 Å². The molecule has 0 bridgehead atoms. The highest BCUT2D eigenvalue weighted by Gasteiger charge is 2.09. The number of likely N-dealkylation sites (N-methyl/N-ethyl adjacent to an activating group) is 1. The van der Waals surface area contributed by atoms with Crippen LogP contribution in [0.4, 0.5) is 5.82 Å². The fraction of sp³-hybridized carbons (Fsp3) is 0.500. The Kier molecular flexibility index (Phi) is 5.23. The maximum atomic E-state index is 11.4. The van der Waals surface area contributed by atoms with Crippen LogP contribution in [0.1, 0.15) is 24.3 Å². The van der Waals surface area contributed by atoms with Gasteiger partial charge in [-0.2, -0.15) is 0 Å². The van der Waals surface area contributed by atoms with E-state index < -0.39 is 5.97 Å². The van der Waals surface area contributed by atoms with Crippen molar-refractivity contribution in [1.29, 1.82) is 0 Å². The summed E-state index contributed by atoms with van der Waals surface area (Å²) in [6, 6.07) is 0. The Balaban J connectivity index is 2.47. The fourth-order valence-electron chi connectivity index (χ4n) is 1.29. The number of rotatable bonds is 6. The summed E-state index contributed by atoms with van der Waals surface area (Å²) in [4.78, 5) is 31.6. The van der Waals surface area contributed by atoms with Crippen LogP contribution >= 0.6 is 0 Å². The van der Waals surface area contributed by atoms with E-state index in [1.54, 1.807) is 11.9 Å². The molecule has 0 spiro atoms. The zero-order valence-electron chi connectivity index (χ0n) is 11.3. The van der Waals surface area contributed by atoms with Gasteiger partial charge in [-0.3, -0.25) is 4.79 Å². The van der Waals surface area contributed by atoms with E-state index in [-0.39, 0.29) is 17.5 Å². The number of hydrogen-bond donors (Lipinski definition) is 2. The molecule has 104 valence electrons. The average Bonchev–Trinajstić information content (AvgIpc) is 2.38.